The molecular weight excluding hydrogens is 256 g/mol. The molecule has 0 aromatic carbocycles. The second-order valence-corrected chi connectivity index (χ2v) is 6.49. The van der Waals surface area contributed by atoms with E-state index in [1.807, 2.05) is 47.0 Å². The summed E-state index contributed by atoms with van der Waals surface area (Å²) in [5, 5.41) is 1.33. The van der Waals surface area contributed by atoms with Gasteiger partial charge in [-0.2, -0.15) is 0 Å². The van der Waals surface area contributed by atoms with Crippen LogP contribution in [-0.4, -0.2) is 0 Å². The van der Waals surface area contributed by atoms with Crippen molar-refractivity contribution in [2.75, 3.05) is 0 Å². The topological polar surface area (TPSA) is 0 Å². The number of hydrogen-bond acceptors (Lipinski definition) is 2. The summed E-state index contributed by atoms with van der Waals surface area (Å²) < 4.78 is 1.38. The molecule has 0 nitrogen and oxygen atoms in total. The highest BCUT2D eigenvalue weighted by molar-refractivity contribution is 7.39. The molecule has 0 radical (unpaired) electrons. The average molecular weight is 264 g/mol. The van der Waals surface area contributed by atoms with Crippen molar-refractivity contribution in [2.45, 2.75) is 0 Å². The second kappa shape index (κ2) is 3.84. The molecule has 0 atom stereocenters. The van der Waals surface area contributed by atoms with Gasteiger partial charge in [0.15, 0.2) is 0 Å². The van der Waals surface area contributed by atoms with Crippen molar-refractivity contribution < 1.29 is 0 Å². The molecule has 2 aliphatic rings. The van der Waals surface area contributed by atoms with E-state index in [0.29, 0.717) is 0 Å². The van der Waals surface area contributed by atoms with Gasteiger partial charge in [-0.15, -0.1) is 34.1 Å². The van der Waals surface area contributed by atoms with Gasteiger partial charge in [0, 0.05) is 26.3 Å². The molecule has 0 spiro atoms. The Balaban J connectivity index is 1.82. The number of fused-ring (bicyclic) bond motifs is 1. The third kappa shape index (κ3) is 1.53. The third-order valence-corrected chi connectivity index (χ3v) is 5.40. The lowest BCUT2D eigenvalue weighted by molar-refractivity contribution is 1.89. The van der Waals surface area contributed by atoms with Gasteiger partial charge in [0.2, 0.25) is 0 Å². The Morgan fingerprint density at radius 1 is 0.778 bits per heavy atom. The van der Waals surface area contributed by atoms with Crippen LogP contribution < -0.4 is 0 Å². The Hall–Kier alpha value is -1.82. The smallest absolute Gasteiger partial charge is 0.0878 e. The monoisotopic (exact) mass is 264 g/mol. The largest absolute Gasteiger partial charge is 0.124 e. The van der Waals surface area contributed by atoms with Crippen LogP contribution in [0.1, 0.15) is 9.75 Å². The van der Waals surface area contributed by atoms with Gasteiger partial charge >= 0.3 is 0 Å². The van der Waals surface area contributed by atoms with Crippen molar-refractivity contribution >= 4 is 43.2 Å². The molecule has 18 heavy (non-hydrogen) atoms. The fourth-order valence-corrected chi connectivity index (χ4v) is 4.49. The molecule has 0 saturated carbocycles. The van der Waals surface area contributed by atoms with Crippen LogP contribution >= 0.6 is 22.7 Å². The van der Waals surface area contributed by atoms with Gasteiger partial charge in [-0.3, -0.25) is 0 Å². The van der Waals surface area contributed by atoms with Gasteiger partial charge in [0.25, 0.3) is 0 Å². The Labute approximate surface area is 113 Å². The Kier molecular flexibility index (Phi) is 2.16. The molecule has 2 aromatic heterocycles. The first-order chi connectivity index (χ1) is 8.90. The number of thiophene rings is 2. The summed E-state index contributed by atoms with van der Waals surface area (Å²) in [7, 11) is 0. The molecule has 0 amide bonds. The van der Waals surface area contributed by atoms with Crippen molar-refractivity contribution in [2.24, 2.45) is 0 Å². The Bertz CT molecular complexity index is 738. The van der Waals surface area contributed by atoms with Gasteiger partial charge in [-0.05, 0) is 36.4 Å². The molecule has 0 bridgehead atoms. The molecule has 0 unspecified atom stereocenters. The van der Waals surface area contributed by atoms with E-state index in [1.54, 1.807) is 0 Å². The minimum absolute atomic E-state index is 1.20. The number of rotatable bonds is 2. The van der Waals surface area contributed by atoms with E-state index in [9.17, 15) is 0 Å². The van der Waals surface area contributed by atoms with Gasteiger partial charge in [-0.1, -0.05) is 12.2 Å². The van der Waals surface area contributed by atoms with E-state index in [4.69, 9.17) is 0 Å². The first-order valence-electron chi connectivity index (χ1n) is 5.71. The zero-order chi connectivity index (χ0) is 11.9. The lowest BCUT2D eigenvalue weighted by Gasteiger charge is -1.91. The van der Waals surface area contributed by atoms with Gasteiger partial charge in [0.05, 0.1) is 4.01 Å². The summed E-state index contributed by atoms with van der Waals surface area (Å²) in [4.78, 5) is 2.61. The summed E-state index contributed by atoms with van der Waals surface area (Å²) in [5.74, 6) is 0. The van der Waals surface area contributed by atoms with Crippen LogP contribution in [0.4, 0.5) is 0 Å². The number of hydrogen-bond donors (Lipinski definition) is 0. The maximum absolute atomic E-state index is 3.26. The van der Waals surface area contributed by atoms with Crippen LogP contribution in [0.2, 0.25) is 0 Å². The zero-order valence-electron chi connectivity index (χ0n) is 9.44. The molecule has 0 N–H and O–H groups in total. The fourth-order valence-electron chi connectivity index (χ4n) is 2.07. The summed E-state index contributed by atoms with van der Waals surface area (Å²) in [5.41, 5.74) is 8.91. The van der Waals surface area contributed by atoms with Gasteiger partial charge < -0.3 is 0 Å². The fraction of sp³-hybridized carbons (Fsp3) is 0. The molecule has 2 heteroatoms. The average Bonchev–Trinajstić information content (AvgIpc) is 3.13. The maximum atomic E-state index is 3.26. The molecule has 2 heterocycles. The summed E-state index contributed by atoms with van der Waals surface area (Å²) >= 11 is 3.69. The van der Waals surface area contributed by atoms with Gasteiger partial charge in [0.1, 0.15) is 0 Å². The highest BCUT2D eigenvalue weighted by Gasteiger charge is 2.11. The van der Waals surface area contributed by atoms with E-state index >= 15 is 0 Å². The SMILES string of the molecule is C1=CC=CC=1c1cc2cc(C3=C=CC=C3)sc2s1. The van der Waals surface area contributed by atoms with Crippen LogP contribution in [0.5, 0.6) is 0 Å². The maximum Gasteiger partial charge on any atom is 0.0878 e. The van der Waals surface area contributed by atoms with E-state index in [-0.39, 0.29) is 0 Å². The van der Waals surface area contributed by atoms with Crippen molar-refractivity contribution in [1.29, 1.82) is 0 Å². The molecule has 0 fully saturated rings. The minimum Gasteiger partial charge on any atom is -0.124 e. The van der Waals surface area contributed by atoms with Crippen molar-refractivity contribution in [3.63, 3.8) is 0 Å². The predicted octanol–water partition coefficient (Wildman–Crippen LogP) is 5.18. The van der Waals surface area contributed by atoms with Crippen LogP contribution in [0.25, 0.3) is 20.5 Å². The zero-order valence-corrected chi connectivity index (χ0v) is 11.1. The van der Waals surface area contributed by atoms with Crippen molar-refractivity contribution in [1.82, 2.24) is 0 Å². The first-order valence-corrected chi connectivity index (χ1v) is 7.34. The van der Waals surface area contributed by atoms with Crippen LogP contribution in [-0.2, 0) is 0 Å². The quantitative estimate of drug-likeness (QED) is 0.656. The van der Waals surface area contributed by atoms with Crippen LogP contribution in [0, 0.1) is 0 Å². The van der Waals surface area contributed by atoms with E-state index in [2.05, 4.69) is 35.7 Å². The predicted molar refractivity (Wildman–Crippen MR) is 81.0 cm³/mol. The summed E-state index contributed by atoms with van der Waals surface area (Å²) in [6, 6.07) is 4.52. The van der Waals surface area contributed by atoms with E-state index in [1.165, 1.54) is 30.3 Å². The standard InChI is InChI=1S/C16H8S2/c1-2-6-11(5-1)14-9-13-10-15(18-16(13)17-14)12-7-3-4-8-12/h1-5,7,9-10H. The van der Waals surface area contributed by atoms with Crippen molar-refractivity contribution in [3.05, 3.63) is 69.8 Å². The lowest BCUT2D eigenvalue weighted by atomic mass is 10.2. The molecular formula is C16H8S2. The van der Waals surface area contributed by atoms with Crippen LogP contribution in [0.15, 0.2) is 60.1 Å². The van der Waals surface area contributed by atoms with Gasteiger partial charge in [-0.25, -0.2) is 0 Å². The highest BCUT2D eigenvalue weighted by Crippen LogP contribution is 2.39. The third-order valence-electron chi connectivity index (χ3n) is 2.94. The molecule has 84 valence electrons. The Morgan fingerprint density at radius 3 is 1.72 bits per heavy atom. The highest BCUT2D eigenvalue weighted by atomic mass is 32.2. The molecule has 0 aliphatic heterocycles. The summed E-state index contributed by atoms with van der Waals surface area (Å²) in [6.07, 6.45) is 12.2. The van der Waals surface area contributed by atoms with E-state index < -0.39 is 0 Å². The number of allylic oxidation sites excluding steroid dienone is 6. The molecule has 2 aliphatic carbocycles. The first kappa shape index (κ1) is 10.1. The summed E-state index contributed by atoms with van der Waals surface area (Å²) in [6.45, 7) is 0. The molecule has 0 saturated heterocycles. The minimum atomic E-state index is 1.20. The molecule has 4 rings (SSSR count). The van der Waals surface area contributed by atoms with Crippen LogP contribution in [0.3, 0.4) is 0 Å². The Morgan fingerprint density at radius 2 is 1.33 bits per heavy atom. The second-order valence-electron chi connectivity index (χ2n) is 4.13. The normalized spacial score (nSPS) is 16.0. The van der Waals surface area contributed by atoms with E-state index in [0.717, 1.165) is 0 Å². The lowest BCUT2D eigenvalue weighted by Crippen LogP contribution is -1.69. The van der Waals surface area contributed by atoms with Crippen molar-refractivity contribution in [3.8, 4) is 0 Å². The molecule has 2 aromatic rings.